The second kappa shape index (κ2) is 9.97. The molecule has 0 bridgehead atoms. The Kier molecular flexibility index (Phi) is 5.58. The lowest BCUT2D eigenvalue weighted by atomic mass is 9.91. The smallest absolute Gasteiger partial charge is 0.0553 e. The predicted molar refractivity (Wildman–Crippen MR) is 196 cm³/mol. The standard InChI is InChI=1S/C44H27NS/c1-2-11-30(12-3-1)45-39-19-8-6-16-37(39)43-35-15-5-4-13-32(35)38(27-40(43)45)29-23-21-28(22-24-29)31-25-26-42-44-34(31)17-10-18-36(44)33-14-7-9-20-41(33)46-42/h1-27H. The van der Waals surface area contributed by atoms with Gasteiger partial charge >= 0.3 is 0 Å². The summed E-state index contributed by atoms with van der Waals surface area (Å²) in [6.07, 6.45) is 0. The number of hydrogen-bond acceptors (Lipinski definition) is 1. The second-order valence-corrected chi connectivity index (χ2v) is 13.2. The van der Waals surface area contributed by atoms with Crippen molar-refractivity contribution in [2.45, 2.75) is 9.79 Å². The van der Waals surface area contributed by atoms with Crippen molar-refractivity contribution >= 4 is 55.1 Å². The molecule has 1 aliphatic rings. The van der Waals surface area contributed by atoms with Crippen molar-refractivity contribution in [2.75, 3.05) is 0 Å². The molecule has 1 aliphatic heterocycles. The first kappa shape index (κ1) is 25.7. The highest BCUT2D eigenvalue weighted by molar-refractivity contribution is 7.99. The molecule has 2 heteroatoms. The van der Waals surface area contributed by atoms with E-state index in [0.29, 0.717) is 0 Å². The summed E-state index contributed by atoms with van der Waals surface area (Å²) < 4.78 is 2.42. The summed E-state index contributed by atoms with van der Waals surface area (Å²) in [5.74, 6) is 0. The van der Waals surface area contributed by atoms with Crippen molar-refractivity contribution < 1.29 is 0 Å². The maximum Gasteiger partial charge on any atom is 0.0553 e. The Labute approximate surface area is 271 Å². The second-order valence-electron chi connectivity index (χ2n) is 12.1. The van der Waals surface area contributed by atoms with Crippen molar-refractivity contribution in [1.82, 2.24) is 4.57 Å². The molecule has 2 heterocycles. The van der Waals surface area contributed by atoms with Gasteiger partial charge in [0.15, 0.2) is 0 Å². The van der Waals surface area contributed by atoms with Gasteiger partial charge in [-0.05, 0) is 85.9 Å². The molecule has 10 rings (SSSR count). The molecule has 0 fully saturated rings. The third kappa shape index (κ3) is 3.71. The SMILES string of the molecule is c1ccc(-n2c3ccccc3c3c4ccccc4c(-c4ccc(-c5ccc6c7c(cccc57)-c5ccccc5S6)cc4)cc32)cc1. The average Bonchev–Trinajstić information content (AvgIpc) is 3.46. The van der Waals surface area contributed by atoms with E-state index in [1.165, 1.54) is 92.2 Å². The Hall–Kier alpha value is -5.57. The minimum atomic E-state index is 1.17. The summed E-state index contributed by atoms with van der Waals surface area (Å²) >= 11 is 1.88. The van der Waals surface area contributed by atoms with Crippen molar-refractivity contribution in [3.63, 3.8) is 0 Å². The van der Waals surface area contributed by atoms with Gasteiger partial charge in [0.05, 0.1) is 11.0 Å². The maximum absolute atomic E-state index is 2.42. The third-order valence-electron chi connectivity index (χ3n) is 9.60. The molecule has 46 heavy (non-hydrogen) atoms. The monoisotopic (exact) mass is 601 g/mol. The van der Waals surface area contributed by atoms with E-state index < -0.39 is 0 Å². The Morgan fingerprint density at radius 2 is 1.00 bits per heavy atom. The fourth-order valence-corrected chi connectivity index (χ4v) is 8.71. The van der Waals surface area contributed by atoms with E-state index >= 15 is 0 Å². The summed E-state index contributed by atoms with van der Waals surface area (Å²) in [4.78, 5) is 2.66. The van der Waals surface area contributed by atoms with Gasteiger partial charge in [-0.1, -0.05) is 139 Å². The molecule has 0 radical (unpaired) electrons. The van der Waals surface area contributed by atoms with E-state index in [1.54, 1.807) is 0 Å². The van der Waals surface area contributed by atoms with Crippen LogP contribution in [-0.2, 0) is 0 Å². The molecule has 214 valence electrons. The summed E-state index contributed by atoms with van der Waals surface area (Å²) in [6.45, 7) is 0. The highest BCUT2D eigenvalue weighted by Gasteiger charge is 2.21. The maximum atomic E-state index is 2.42. The van der Waals surface area contributed by atoms with E-state index in [9.17, 15) is 0 Å². The van der Waals surface area contributed by atoms with E-state index in [-0.39, 0.29) is 0 Å². The summed E-state index contributed by atoms with van der Waals surface area (Å²) in [6, 6.07) is 60.1. The minimum absolute atomic E-state index is 1.17. The zero-order valence-corrected chi connectivity index (χ0v) is 25.8. The molecule has 0 N–H and O–H groups in total. The number of hydrogen-bond donors (Lipinski definition) is 0. The van der Waals surface area contributed by atoms with E-state index in [1.807, 2.05) is 11.8 Å². The Morgan fingerprint density at radius 3 is 1.85 bits per heavy atom. The molecule has 0 atom stereocenters. The van der Waals surface area contributed by atoms with Crippen LogP contribution < -0.4 is 0 Å². The molecule has 8 aromatic carbocycles. The number of fused-ring (bicyclic) bond motifs is 7. The quantitative estimate of drug-likeness (QED) is 0.195. The average molecular weight is 602 g/mol. The molecule has 0 unspecified atom stereocenters. The Balaban J connectivity index is 1.17. The zero-order valence-electron chi connectivity index (χ0n) is 24.9. The minimum Gasteiger partial charge on any atom is -0.309 e. The topological polar surface area (TPSA) is 4.93 Å². The van der Waals surface area contributed by atoms with Crippen LogP contribution in [0.15, 0.2) is 174 Å². The van der Waals surface area contributed by atoms with Crippen LogP contribution in [0.3, 0.4) is 0 Å². The van der Waals surface area contributed by atoms with Gasteiger partial charge in [0.25, 0.3) is 0 Å². The Bertz CT molecular complexity index is 2650. The summed E-state index contributed by atoms with van der Waals surface area (Å²) in [5, 5.41) is 7.81. The van der Waals surface area contributed by atoms with Crippen LogP contribution in [-0.4, -0.2) is 4.57 Å². The fourth-order valence-electron chi connectivity index (χ4n) is 7.59. The van der Waals surface area contributed by atoms with E-state index in [4.69, 9.17) is 0 Å². The normalized spacial score (nSPS) is 12.3. The van der Waals surface area contributed by atoms with Crippen LogP contribution in [0.2, 0.25) is 0 Å². The Morgan fingerprint density at radius 1 is 0.348 bits per heavy atom. The number of rotatable bonds is 3. The van der Waals surface area contributed by atoms with Gasteiger partial charge in [-0.3, -0.25) is 0 Å². The number of benzene rings is 8. The molecule has 0 spiro atoms. The highest BCUT2D eigenvalue weighted by Crippen LogP contribution is 2.50. The number of nitrogens with zero attached hydrogens (tertiary/aromatic N) is 1. The molecule has 0 saturated carbocycles. The molecule has 0 saturated heterocycles. The molecular weight excluding hydrogens is 575 g/mol. The largest absolute Gasteiger partial charge is 0.309 e. The fraction of sp³-hybridized carbons (Fsp3) is 0. The van der Waals surface area contributed by atoms with Crippen molar-refractivity contribution in [3.8, 4) is 39.1 Å². The van der Waals surface area contributed by atoms with Gasteiger partial charge in [0.2, 0.25) is 0 Å². The van der Waals surface area contributed by atoms with Gasteiger partial charge < -0.3 is 4.57 Å². The van der Waals surface area contributed by atoms with Crippen molar-refractivity contribution in [1.29, 1.82) is 0 Å². The highest BCUT2D eigenvalue weighted by atomic mass is 32.2. The van der Waals surface area contributed by atoms with Gasteiger partial charge in [-0.15, -0.1) is 0 Å². The molecule has 1 aromatic heterocycles. The molecule has 9 aromatic rings. The van der Waals surface area contributed by atoms with Crippen LogP contribution in [0.5, 0.6) is 0 Å². The predicted octanol–water partition coefficient (Wildman–Crippen LogP) is 12.6. The lowest BCUT2D eigenvalue weighted by Crippen LogP contribution is -1.94. The van der Waals surface area contributed by atoms with Crippen molar-refractivity contribution in [2.24, 2.45) is 0 Å². The van der Waals surface area contributed by atoms with Crippen molar-refractivity contribution in [3.05, 3.63) is 164 Å². The molecule has 0 aliphatic carbocycles. The van der Waals surface area contributed by atoms with E-state index in [2.05, 4.69) is 168 Å². The van der Waals surface area contributed by atoms with Gasteiger partial charge in [0.1, 0.15) is 0 Å². The molecule has 0 amide bonds. The number of para-hydroxylation sites is 2. The van der Waals surface area contributed by atoms with Crippen LogP contribution in [0.1, 0.15) is 0 Å². The van der Waals surface area contributed by atoms with Gasteiger partial charge in [-0.25, -0.2) is 0 Å². The van der Waals surface area contributed by atoms with Crippen LogP contribution >= 0.6 is 11.8 Å². The molecular formula is C44H27NS. The van der Waals surface area contributed by atoms with Crippen LogP contribution in [0.25, 0.3) is 82.4 Å². The van der Waals surface area contributed by atoms with Gasteiger partial charge in [-0.2, -0.15) is 0 Å². The van der Waals surface area contributed by atoms with Gasteiger partial charge in [0, 0.05) is 31.6 Å². The number of aromatic nitrogens is 1. The molecule has 1 nitrogen and oxygen atoms in total. The third-order valence-corrected chi connectivity index (χ3v) is 10.7. The first-order chi connectivity index (χ1) is 22.8. The zero-order chi connectivity index (χ0) is 30.2. The lowest BCUT2D eigenvalue weighted by molar-refractivity contribution is 1.18. The van der Waals surface area contributed by atoms with Crippen LogP contribution in [0.4, 0.5) is 0 Å². The first-order valence-corrected chi connectivity index (χ1v) is 16.6. The summed E-state index contributed by atoms with van der Waals surface area (Å²) in [7, 11) is 0. The van der Waals surface area contributed by atoms with Crippen LogP contribution in [0, 0.1) is 0 Å². The lowest BCUT2D eigenvalue weighted by Gasteiger charge is -2.21. The first-order valence-electron chi connectivity index (χ1n) is 15.8. The van der Waals surface area contributed by atoms with E-state index in [0.717, 1.165) is 0 Å². The summed E-state index contributed by atoms with van der Waals surface area (Å²) in [5.41, 5.74) is 11.3.